The van der Waals surface area contributed by atoms with Gasteiger partial charge >= 0.3 is 6.18 Å². The van der Waals surface area contributed by atoms with E-state index in [1.54, 1.807) is 24.7 Å². The van der Waals surface area contributed by atoms with E-state index in [4.69, 9.17) is 9.47 Å². The molecule has 2 N–H and O–H groups in total. The summed E-state index contributed by atoms with van der Waals surface area (Å²) in [5.74, 6) is -0.0965. The zero-order chi connectivity index (χ0) is 24.4. The minimum absolute atomic E-state index is 0.0681. The number of anilines is 1. The minimum Gasteiger partial charge on any atom is -0.494 e. The third kappa shape index (κ3) is 5.05. The number of benzene rings is 2. The molecule has 0 saturated carbocycles. The molecule has 1 aliphatic rings. The number of alkyl halides is 3. The maximum absolute atomic E-state index is 13.7. The van der Waals surface area contributed by atoms with Crippen LogP contribution >= 0.6 is 0 Å². The van der Waals surface area contributed by atoms with Crippen LogP contribution in [0.3, 0.4) is 0 Å². The van der Waals surface area contributed by atoms with Crippen LogP contribution < -0.4 is 10.1 Å². The van der Waals surface area contributed by atoms with Crippen molar-refractivity contribution in [3.05, 3.63) is 78.2 Å². The van der Waals surface area contributed by atoms with Crippen molar-refractivity contribution in [2.45, 2.75) is 31.7 Å². The Kier molecular flexibility index (Phi) is 6.25. The molecule has 2 aromatic heterocycles. The normalized spacial score (nSPS) is 16.0. The van der Waals surface area contributed by atoms with E-state index in [-0.39, 0.29) is 30.0 Å². The van der Waals surface area contributed by atoms with Gasteiger partial charge in [0.1, 0.15) is 12.4 Å². The highest BCUT2D eigenvalue weighted by molar-refractivity contribution is 5.99. The van der Waals surface area contributed by atoms with E-state index in [9.17, 15) is 18.3 Å². The molecule has 5 rings (SSSR count). The average Bonchev–Trinajstić information content (AvgIpc) is 3.49. The van der Waals surface area contributed by atoms with Crippen LogP contribution in [0.5, 0.6) is 11.6 Å². The molecule has 0 spiro atoms. The van der Waals surface area contributed by atoms with Gasteiger partial charge in [0.15, 0.2) is 0 Å². The first-order chi connectivity index (χ1) is 16.9. The monoisotopic (exact) mass is 483 g/mol. The number of halogens is 3. The second-order valence-electron chi connectivity index (χ2n) is 8.46. The van der Waals surface area contributed by atoms with Crippen LogP contribution in [-0.4, -0.2) is 34.0 Å². The van der Waals surface area contributed by atoms with Gasteiger partial charge in [0.05, 0.1) is 22.7 Å². The summed E-state index contributed by atoms with van der Waals surface area (Å²) in [7, 11) is 0. The van der Waals surface area contributed by atoms with E-state index in [2.05, 4.69) is 10.3 Å². The van der Waals surface area contributed by atoms with E-state index in [1.165, 1.54) is 10.6 Å². The molecular formula is C26H24F3N3O3. The summed E-state index contributed by atoms with van der Waals surface area (Å²) in [6, 6.07) is 12.7. The van der Waals surface area contributed by atoms with Crippen molar-refractivity contribution in [3.8, 4) is 17.3 Å². The largest absolute Gasteiger partial charge is 0.494 e. The lowest BCUT2D eigenvalue weighted by atomic mass is 10.1. The number of pyridine rings is 1. The summed E-state index contributed by atoms with van der Waals surface area (Å²) < 4.78 is 53.5. The van der Waals surface area contributed by atoms with Crippen LogP contribution in [0.15, 0.2) is 67.1 Å². The zero-order valence-electron chi connectivity index (χ0n) is 18.8. The molecule has 1 fully saturated rings. The number of nitrogens with zero attached hydrogens (tertiary/aromatic N) is 2. The molecule has 1 aliphatic heterocycles. The van der Waals surface area contributed by atoms with Gasteiger partial charge < -0.3 is 19.9 Å². The lowest BCUT2D eigenvalue weighted by Crippen LogP contribution is -2.17. The molecule has 35 heavy (non-hydrogen) atoms. The molecule has 1 saturated heterocycles. The van der Waals surface area contributed by atoms with Crippen LogP contribution in [-0.2, 0) is 17.5 Å². The molecule has 9 heteroatoms. The quantitative estimate of drug-likeness (QED) is 0.342. The van der Waals surface area contributed by atoms with Crippen LogP contribution in [0.25, 0.3) is 16.5 Å². The van der Waals surface area contributed by atoms with Gasteiger partial charge in [0.25, 0.3) is 0 Å². The summed E-state index contributed by atoms with van der Waals surface area (Å²) in [5.41, 5.74) is 0.959. The predicted molar refractivity (Wildman–Crippen MR) is 126 cm³/mol. The summed E-state index contributed by atoms with van der Waals surface area (Å²) in [5, 5.41) is 15.6. The molecule has 4 aromatic rings. The predicted octanol–water partition coefficient (Wildman–Crippen LogP) is 5.92. The van der Waals surface area contributed by atoms with E-state index >= 15 is 0 Å². The molecule has 3 heterocycles. The molecule has 0 radical (unpaired) electrons. The molecule has 0 aliphatic carbocycles. The molecule has 1 unspecified atom stereocenters. The standard InChI is InChI=1S/C26H24F3N3O3/c27-26(28,29)19-11-20(13-22(12-19)35-16-21-4-2-10-34-21)32-15-18-3-1-5-23(24(18)25(32)33)31-14-17-6-8-30-9-7-17/h1,3,5-9,11-13,15,21,31,33H,2,4,10,14,16H2. The maximum Gasteiger partial charge on any atom is 0.416 e. The average molecular weight is 483 g/mol. The fraction of sp³-hybridized carbons (Fsp3) is 0.269. The number of aromatic hydroxyl groups is 1. The van der Waals surface area contributed by atoms with Gasteiger partial charge in [-0.3, -0.25) is 9.55 Å². The second kappa shape index (κ2) is 9.50. The molecule has 1 atom stereocenters. The first-order valence-corrected chi connectivity index (χ1v) is 11.3. The number of hydrogen-bond acceptors (Lipinski definition) is 5. The van der Waals surface area contributed by atoms with Gasteiger partial charge in [-0.2, -0.15) is 13.2 Å². The smallest absolute Gasteiger partial charge is 0.416 e. The summed E-state index contributed by atoms with van der Waals surface area (Å²) in [6.07, 6.45) is 2.01. The van der Waals surface area contributed by atoms with Crippen LogP contribution in [0.2, 0.25) is 0 Å². The van der Waals surface area contributed by atoms with E-state index in [0.29, 0.717) is 29.6 Å². The van der Waals surface area contributed by atoms with Crippen LogP contribution in [0, 0.1) is 0 Å². The molecule has 0 amide bonds. The van der Waals surface area contributed by atoms with Crippen molar-refractivity contribution in [2.24, 2.45) is 0 Å². The van der Waals surface area contributed by atoms with Crippen molar-refractivity contribution in [2.75, 3.05) is 18.5 Å². The number of aromatic nitrogens is 2. The van der Waals surface area contributed by atoms with Crippen molar-refractivity contribution in [1.82, 2.24) is 9.55 Å². The van der Waals surface area contributed by atoms with Crippen molar-refractivity contribution in [3.63, 3.8) is 0 Å². The summed E-state index contributed by atoms with van der Waals surface area (Å²) in [6.45, 7) is 1.30. The first kappa shape index (κ1) is 23.0. The molecule has 2 aromatic carbocycles. The maximum atomic E-state index is 13.7. The van der Waals surface area contributed by atoms with Crippen molar-refractivity contribution < 1.29 is 27.8 Å². The Morgan fingerprint density at radius 1 is 1.14 bits per heavy atom. The first-order valence-electron chi connectivity index (χ1n) is 11.3. The third-order valence-electron chi connectivity index (χ3n) is 6.01. The fourth-order valence-electron chi connectivity index (χ4n) is 4.22. The van der Waals surface area contributed by atoms with Crippen LogP contribution in [0.4, 0.5) is 18.9 Å². The minimum atomic E-state index is -4.57. The van der Waals surface area contributed by atoms with E-state index < -0.39 is 11.7 Å². The number of fused-ring (bicyclic) bond motifs is 1. The highest BCUT2D eigenvalue weighted by atomic mass is 19.4. The van der Waals surface area contributed by atoms with Gasteiger partial charge in [-0.25, -0.2) is 0 Å². The lowest BCUT2D eigenvalue weighted by molar-refractivity contribution is -0.137. The third-order valence-corrected chi connectivity index (χ3v) is 6.01. The number of hydrogen-bond donors (Lipinski definition) is 2. The zero-order valence-corrected chi connectivity index (χ0v) is 18.8. The molecule has 6 nitrogen and oxygen atoms in total. The molecular weight excluding hydrogens is 459 g/mol. The highest BCUT2D eigenvalue weighted by Gasteiger charge is 2.32. The number of ether oxygens (including phenoxy) is 2. The van der Waals surface area contributed by atoms with Gasteiger partial charge in [0.2, 0.25) is 5.88 Å². The Morgan fingerprint density at radius 2 is 1.97 bits per heavy atom. The van der Waals surface area contributed by atoms with Gasteiger partial charge in [-0.1, -0.05) is 12.1 Å². The number of rotatable bonds is 7. The Morgan fingerprint density at radius 3 is 2.71 bits per heavy atom. The number of nitrogens with one attached hydrogen (secondary N) is 1. The fourth-order valence-corrected chi connectivity index (χ4v) is 4.22. The van der Waals surface area contributed by atoms with Crippen molar-refractivity contribution in [1.29, 1.82) is 0 Å². The Hall–Kier alpha value is -3.72. The highest BCUT2D eigenvalue weighted by Crippen LogP contribution is 2.39. The second-order valence-corrected chi connectivity index (χ2v) is 8.46. The van der Waals surface area contributed by atoms with E-state index in [1.807, 2.05) is 24.3 Å². The Labute approximate surface area is 199 Å². The SMILES string of the molecule is Oc1c2c(NCc3ccncc3)cccc2cn1-c1cc(OCC2CCCO2)cc(C(F)(F)F)c1. The molecule has 0 bridgehead atoms. The topological polar surface area (TPSA) is 68.5 Å². The Bertz CT molecular complexity index is 1320. The summed E-state index contributed by atoms with van der Waals surface area (Å²) >= 11 is 0. The van der Waals surface area contributed by atoms with Gasteiger partial charge in [-0.15, -0.1) is 0 Å². The van der Waals surface area contributed by atoms with Gasteiger partial charge in [0, 0.05) is 48.9 Å². The van der Waals surface area contributed by atoms with Crippen molar-refractivity contribution >= 4 is 16.5 Å². The Balaban J connectivity index is 1.49. The summed E-state index contributed by atoms with van der Waals surface area (Å²) in [4.78, 5) is 4.00. The van der Waals surface area contributed by atoms with Crippen LogP contribution in [0.1, 0.15) is 24.0 Å². The molecule has 182 valence electrons. The van der Waals surface area contributed by atoms with Gasteiger partial charge in [-0.05, 0) is 48.7 Å². The van der Waals surface area contributed by atoms with E-state index in [0.717, 1.165) is 30.5 Å². The lowest BCUT2D eigenvalue weighted by Gasteiger charge is -2.16.